The molecule has 2 aliphatic heterocycles. The van der Waals surface area contributed by atoms with Gasteiger partial charge in [-0.15, -0.1) is 0 Å². The van der Waals surface area contributed by atoms with E-state index in [0.29, 0.717) is 17.5 Å². The number of carbonyl (C=O) groups is 1. The normalized spacial score (nSPS) is 29.8. The van der Waals surface area contributed by atoms with Crippen LogP contribution in [0.25, 0.3) is 0 Å². The van der Waals surface area contributed by atoms with E-state index in [4.69, 9.17) is 4.74 Å². The Bertz CT molecular complexity index is 508. The molecule has 1 spiro atoms. The van der Waals surface area contributed by atoms with E-state index < -0.39 is 5.82 Å². The van der Waals surface area contributed by atoms with E-state index in [9.17, 15) is 9.18 Å². The maximum Gasteiger partial charge on any atom is 0.170 e. The van der Waals surface area contributed by atoms with Gasteiger partial charge in [0.25, 0.3) is 0 Å². The largest absolute Gasteiger partial charge is 0.374 e. The molecular formula is C15H16BrFO2S. The average Bonchev–Trinajstić information content (AvgIpc) is 2.86. The summed E-state index contributed by atoms with van der Waals surface area (Å²) in [7, 11) is 0. The van der Waals surface area contributed by atoms with Gasteiger partial charge in [-0.3, -0.25) is 4.79 Å². The number of rotatable bonds is 2. The maximum atomic E-state index is 13.9. The van der Waals surface area contributed by atoms with Crippen LogP contribution in [0.3, 0.4) is 0 Å². The lowest BCUT2D eigenvalue weighted by atomic mass is 9.81. The van der Waals surface area contributed by atoms with Gasteiger partial charge in [-0.05, 0) is 53.1 Å². The van der Waals surface area contributed by atoms with Crippen molar-refractivity contribution in [1.29, 1.82) is 0 Å². The molecule has 20 heavy (non-hydrogen) atoms. The number of ether oxygens (including phenoxy) is 1. The molecule has 2 heterocycles. The lowest BCUT2D eigenvalue weighted by molar-refractivity contribution is -0.0735. The lowest BCUT2D eigenvalue weighted by Crippen LogP contribution is -2.42. The molecule has 0 bridgehead atoms. The zero-order chi connectivity index (χ0) is 14.2. The second-order valence-electron chi connectivity index (χ2n) is 5.48. The van der Waals surface area contributed by atoms with Crippen LogP contribution in [0.5, 0.6) is 0 Å². The monoisotopic (exact) mass is 358 g/mol. The number of hydrogen-bond donors (Lipinski definition) is 0. The molecule has 0 saturated carbocycles. The molecule has 2 aliphatic rings. The highest BCUT2D eigenvalue weighted by Gasteiger charge is 2.43. The Morgan fingerprint density at radius 2 is 2.35 bits per heavy atom. The summed E-state index contributed by atoms with van der Waals surface area (Å²) in [6, 6.07) is 4.67. The first-order valence-electron chi connectivity index (χ1n) is 6.81. The van der Waals surface area contributed by atoms with Crippen molar-refractivity contribution >= 4 is 33.5 Å². The van der Waals surface area contributed by atoms with Gasteiger partial charge in [0.05, 0.1) is 11.2 Å². The Labute approximate surface area is 130 Å². The quantitative estimate of drug-likeness (QED) is 0.745. The molecule has 2 unspecified atom stereocenters. The molecule has 1 aromatic carbocycles. The average molecular weight is 359 g/mol. The van der Waals surface area contributed by atoms with Crippen molar-refractivity contribution in [3.05, 3.63) is 34.1 Å². The molecule has 0 aromatic heterocycles. The van der Waals surface area contributed by atoms with E-state index in [1.54, 1.807) is 12.1 Å². The molecular weight excluding hydrogens is 343 g/mol. The van der Waals surface area contributed by atoms with Gasteiger partial charge in [0.1, 0.15) is 5.82 Å². The van der Waals surface area contributed by atoms with Gasteiger partial charge in [-0.2, -0.15) is 11.8 Å². The van der Waals surface area contributed by atoms with E-state index in [2.05, 4.69) is 15.9 Å². The molecule has 1 aromatic rings. The number of carbonyl (C=O) groups excluding carboxylic acids is 1. The highest BCUT2D eigenvalue weighted by molar-refractivity contribution is 9.10. The van der Waals surface area contributed by atoms with Gasteiger partial charge in [-0.25, -0.2) is 4.39 Å². The van der Waals surface area contributed by atoms with Gasteiger partial charge in [0.15, 0.2) is 5.78 Å². The fraction of sp³-hybridized carbons (Fsp3) is 0.533. The van der Waals surface area contributed by atoms with Crippen molar-refractivity contribution in [2.24, 2.45) is 5.92 Å². The summed E-state index contributed by atoms with van der Waals surface area (Å²) in [6.45, 7) is 0.600. The van der Waals surface area contributed by atoms with E-state index in [-0.39, 0.29) is 22.9 Å². The molecule has 2 fully saturated rings. The molecule has 5 heteroatoms. The minimum Gasteiger partial charge on any atom is -0.374 e. The van der Waals surface area contributed by atoms with Crippen LogP contribution in [-0.2, 0) is 4.74 Å². The number of hydrogen-bond acceptors (Lipinski definition) is 3. The summed E-state index contributed by atoms with van der Waals surface area (Å²) in [4.78, 5) is 12.6. The Balaban J connectivity index is 1.83. The third-order valence-electron chi connectivity index (χ3n) is 4.14. The molecule has 2 nitrogen and oxygen atoms in total. The van der Waals surface area contributed by atoms with Gasteiger partial charge < -0.3 is 4.74 Å². The predicted octanol–water partition coefficient (Wildman–Crippen LogP) is 4.07. The zero-order valence-electron chi connectivity index (χ0n) is 11.0. The first kappa shape index (κ1) is 14.5. The van der Waals surface area contributed by atoms with Crippen molar-refractivity contribution in [1.82, 2.24) is 0 Å². The van der Waals surface area contributed by atoms with Gasteiger partial charge in [0.2, 0.25) is 0 Å². The number of ketones is 1. The standard InChI is InChI=1S/C15H16BrFO2S/c16-11-2-1-3-12(17)13(11)14(18)10-4-6-19-15(8-10)5-7-20-9-15/h1-3,10H,4-9H2. The van der Waals surface area contributed by atoms with Gasteiger partial charge in [-0.1, -0.05) is 6.07 Å². The smallest absolute Gasteiger partial charge is 0.170 e. The molecule has 3 rings (SSSR count). The highest BCUT2D eigenvalue weighted by atomic mass is 79.9. The van der Waals surface area contributed by atoms with E-state index in [0.717, 1.165) is 24.3 Å². The topological polar surface area (TPSA) is 26.3 Å². The zero-order valence-corrected chi connectivity index (χ0v) is 13.4. The van der Waals surface area contributed by atoms with Gasteiger partial charge >= 0.3 is 0 Å². The second kappa shape index (κ2) is 5.78. The molecule has 108 valence electrons. The summed E-state index contributed by atoms with van der Waals surface area (Å²) in [6.07, 6.45) is 2.41. The Morgan fingerprint density at radius 1 is 1.50 bits per heavy atom. The Hall–Kier alpha value is -0.390. The van der Waals surface area contributed by atoms with E-state index in [1.165, 1.54) is 6.07 Å². The molecule has 0 aliphatic carbocycles. The molecule has 2 saturated heterocycles. The third kappa shape index (κ3) is 2.68. The van der Waals surface area contributed by atoms with Crippen LogP contribution in [0.15, 0.2) is 22.7 Å². The lowest BCUT2D eigenvalue weighted by Gasteiger charge is -2.37. The van der Waals surface area contributed by atoms with Crippen molar-refractivity contribution in [2.45, 2.75) is 24.9 Å². The van der Waals surface area contributed by atoms with E-state index >= 15 is 0 Å². The third-order valence-corrected chi connectivity index (χ3v) is 6.02. The fourth-order valence-electron chi connectivity index (χ4n) is 3.05. The highest BCUT2D eigenvalue weighted by Crippen LogP contribution is 2.41. The molecule has 0 N–H and O–H groups in total. The minimum atomic E-state index is -0.439. The molecule has 2 atom stereocenters. The van der Waals surface area contributed by atoms with Crippen LogP contribution in [0.2, 0.25) is 0 Å². The summed E-state index contributed by atoms with van der Waals surface area (Å²) in [5.74, 6) is 1.38. The van der Waals surface area contributed by atoms with Crippen molar-refractivity contribution in [3.63, 3.8) is 0 Å². The van der Waals surface area contributed by atoms with Crippen molar-refractivity contribution in [2.75, 3.05) is 18.1 Å². The van der Waals surface area contributed by atoms with Crippen LogP contribution < -0.4 is 0 Å². The fourth-order valence-corrected chi connectivity index (χ4v) is 4.97. The minimum absolute atomic E-state index is 0.0884. The van der Waals surface area contributed by atoms with Gasteiger partial charge in [0, 0.05) is 22.8 Å². The van der Waals surface area contributed by atoms with Crippen LogP contribution in [0.1, 0.15) is 29.6 Å². The SMILES string of the molecule is O=C(c1c(F)cccc1Br)C1CCOC2(CCSC2)C1. The number of Topliss-reactive ketones (excluding diaryl/α,β-unsaturated/α-hetero) is 1. The summed E-state index contributed by atoms with van der Waals surface area (Å²) in [5.41, 5.74) is 0.0428. The molecule has 0 amide bonds. The number of thioether (sulfide) groups is 1. The van der Waals surface area contributed by atoms with Crippen LogP contribution in [0, 0.1) is 11.7 Å². The van der Waals surface area contributed by atoms with Crippen molar-refractivity contribution < 1.29 is 13.9 Å². The van der Waals surface area contributed by atoms with Crippen LogP contribution in [0.4, 0.5) is 4.39 Å². The van der Waals surface area contributed by atoms with Crippen molar-refractivity contribution in [3.8, 4) is 0 Å². The Morgan fingerprint density at radius 3 is 3.05 bits per heavy atom. The van der Waals surface area contributed by atoms with E-state index in [1.807, 2.05) is 11.8 Å². The first-order chi connectivity index (χ1) is 9.61. The second-order valence-corrected chi connectivity index (χ2v) is 7.44. The number of benzene rings is 1. The maximum absolute atomic E-state index is 13.9. The van der Waals surface area contributed by atoms with Crippen LogP contribution in [-0.4, -0.2) is 29.5 Å². The predicted molar refractivity (Wildman–Crippen MR) is 81.8 cm³/mol. The summed E-state index contributed by atoms with van der Waals surface area (Å²) >= 11 is 5.17. The molecule has 0 radical (unpaired) electrons. The summed E-state index contributed by atoms with van der Waals surface area (Å²) < 4.78 is 20.4. The van der Waals surface area contributed by atoms with Crippen LogP contribution >= 0.6 is 27.7 Å². The Kier molecular flexibility index (Phi) is 4.20. The number of halogens is 2. The summed E-state index contributed by atoms with van der Waals surface area (Å²) in [5, 5.41) is 0. The first-order valence-corrected chi connectivity index (χ1v) is 8.76.